The zero-order chi connectivity index (χ0) is 15.2. The summed E-state index contributed by atoms with van der Waals surface area (Å²) in [7, 11) is 0. The lowest BCUT2D eigenvalue weighted by Crippen LogP contribution is -2.23. The minimum atomic E-state index is -0.114. The summed E-state index contributed by atoms with van der Waals surface area (Å²) in [4.78, 5) is 18.3. The van der Waals surface area contributed by atoms with Gasteiger partial charge in [-0.05, 0) is 41.5 Å². The van der Waals surface area contributed by atoms with Crippen molar-refractivity contribution in [2.75, 3.05) is 13.1 Å². The van der Waals surface area contributed by atoms with E-state index in [1.54, 1.807) is 0 Å². The van der Waals surface area contributed by atoms with Gasteiger partial charge in [-0.25, -0.2) is 0 Å². The van der Waals surface area contributed by atoms with Crippen molar-refractivity contribution < 1.29 is 0 Å². The lowest BCUT2D eigenvalue weighted by molar-refractivity contribution is 0.542. The number of hydrogen-bond donors (Lipinski definition) is 0. The molecule has 4 heteroatoms. The molecule has 0 unspecified atom stereocenters. The lowest BCUT2D eigenvalue weighted by atomic mass is 9.98. The van der Waals surface area contributed by atoms with Crippen molar-refractivity contribution in [1.82, 2.24) is 0 Å². The fraction of sp³-hybridized carbons (Fsp3) is 0.750. The maximum atomic E-state index is 4.62. The van der Waals surface area contributed by atoms with Gasteiger partial charge in [-0.1, -0.05) is 0 Å². The molecule has 0 amide bonds. The number of rotatable bonds is 0. The first-order valence-corrected chi connectivity index (χ1v) is 7.27. The summed E-state index contributed by atoms with van der Waals surface area (Å²) in [6.07, 6.45) is 5.56. The minimum absolute atomic E-state index is 0.114. The molecule has 0 fully saturated rings. The first-order valence-electron chi connectivity index (χ1n) is 7.27. The summed E-state index contributed by atoms with van der Waals surface area (Å²) in [6.45, 7) is 13.9. The average Bonchev–Trinajstić information content (AvgIpc) is 2.28. The molecule has 0 bridgehead atoms. The molecule has 1 aliphatic rings. The predicted molar refractivity (Wildman–Crippen MR) is 90.3 cm³/mol. The number of hydrogen-bond acceptors (Lipinski definition) is 4. The first-order chi connectivity index (χ1) is 9.20. The van der Waals surface area contributed by atoms with E-state index in [0.717, 1.165) is 24.3 Å². The summed E-state index contributed by atoms with van der Waals surface area (Å²) in [6, 6.07) is 0. The van der Waals surface area contributed by atoms with Crippen molar-refractivity contribution in [2.45, 2.75) is 65.5 Å². The van der Waals surface area contributed by atoms with E-state index in [-0.39, 0.29) is 11.1 Å². The SMILES string of the molecule is CC1=NCC=NC(C)(C)CC(C)=NCC=NC(C)(C)C1. The van der Waals surface area contributed by atoms with Crippen LogP contribution < -0.4 is 0 Å². The van der Waals surface area contributed by atoms with Crippen LogP contribution in [0.4, 0.5) is 0 Å². The van der Waals surface area contributed by atoms with Crippen molar-refractivity contribution in [3.8, 4) is 0 Å². The van der Waals surface area contributed by atoms with Crippen LogP contribution >= 0.6 is 0 Å². The van der Waals surface area contributed by atoms with E-state index in [2.05, 4.69) is 61.5 Å². The number of nitrogens with zero attached hydrogens (tertiary/aromatic N) is 4. The minimum Gasteiger partial charge on any atom is -0.289 e. The molecular formula is C16H28N4. The van der Waals surface area contributed by atoms with Gasteiger partial charge >= 0.3 is 0 Å². The Balaban J connectivity index is 2.93. The molecular weight excluding hydrogens is 248 g/mol. The summed E-state index contributed by atoms with van der Waals surface area (Å²) in [5, 5.41) is 0. The Morgan fingerprint density at radius 2 is 1.10 bits per heavy atom. The van der Waals surface area contributed by atoms with Crippen molar-refractivity contribution in [1.29, 1.82) is 0 Å². The van der Waals surface area contributed by atoms with Crippen molar-refractivity contribution in [2.24, 2.45) is 20.0 Å². The monoisotopic (exact) mass is 276 g/mol. The van der Waals surface area contributed by atoms with Gasteiger partial charge in [0, 0.05) is 36.7 Å². The van der Waals surface area contributed by atoms with E-state index in [9.17, 15) is 0 Å². The van der Waals surface area contributed by atoms with Crippen LogP contribution in [0.25, 0.3) is 0 Å². The molecule has 0 aromatic rings. The van der Waals surface area contributed by atoms with Crippen molar-refractivity contribution in [3.63, 3.8) is 0 Å². The predicted octanol–water partition coefficient (Wildman–Crippen LogP) is 3.40. The molecule has 1 heterocycles. The summed E-state index contributed by atoms with van der Waals surface area (Å²) in [5.74, 6) is 0. The largest absolute Gasteiger partial charge is 0.289 e. The second-order valence-electron chi connectivity index (χ2n) is 6.75. The third kappa shape index (κ3) is 6.73. The van der Waals surface area contributed by atoms with E-state index in [1.165, 1.54) is 0 Å². The highest BCUT2D eigenvalue weighted by Gasteiger charge is 2.18. The Hall–Kier alpha value is -1.32. The highest BCUT2D eigenvalue weighted by Crippen LogP contribution is 2.16. The Morgan fingerprint density at radius 1 is 0.750 bits per heavy atom. The fourth-order valence-electron chi connectivity index (χ4n) is 2.42. The molecule has 20 heavy (non-hydrogen) atoms. The second kappa shape index (κ2) is 6.91. The average molecular weight is 276 g/mol. The van der Waals surface area contributed by atoms with Gasteiger partial charge in [0.25, 0.3) is 0 Å². The third-order valence-electron chi connectivity index (χ3n) is 3.14. The van der Waals surface area contributed by atoms with E-state index < -0.39 is 0 Å². The fourth-order valence-corrected chi connectivity index (χ4v) is 2.42. The van der Waals surface area contributed by atoms with Crippen molar-refractivity contribution >= 4 is 23.9 Å². The van der Waals surface area contributed by atoms with Gasteiger partial charge in [0.2, 0.25) is 0 Å². The highest BCUT2D eigenvalue weighted by molar-refractivity contribution is 5.86. The zero-order valence-corrected chi connectivity index (χ0v) is 13.8. The highest BCUT2D eigenvalue weighted by atomic mass is 14.9. The van der Waals surface area contributed by atoms with Gasteiger partial charge in [0.15, 0.2) is 0 Å². The molecule has 0 atom stereocenters. The molecule has 0 radical (unpaired) electrons. The first kappa shape index (κ1) is 16.7. The molecule has 4 nitrogen and oxygen atoms in total. The van der Waals surface area contributed by atoms with Crippen LogP contribution in [0.5, 0.6) is 0 Å². The van der Waals surface area contributed by atoms with E-state index in [0.29, 0.717) is 13.1 Å². The molecule has 0 saturated heterocycles. The molecule has 1 rings (SSSR count). The summed E-state index contributed by atoms with van der Waals surface area (Å²) >= 11 is 0. The smallest absolute Gasteiger partial charge is 0.0737 e. The zero-order valence-electron chi connectivity index (χ0n) is 13.8. The summed E-state index contributed by atoms with van der Waals surface area (Å²) in [5.41, 5.74) is 2.01. The number of aliphatic imine (C=N–C) groups is 4. The Bertz CT molecular complexity index is 397. The Morgan fingerprint density at radius 3 is 1.45 bits per heavy atom. The third-order valence-corrected chi connectivity index (χ3v) is 3.14. The maximum absolute atomic E-state index is 4.62. The normalized spacial score (nSPS) is 23.7. The van der Waals surface area contributed by atoms with Crippen LogP contribution in [0.1, 0.15) is 54.4 Å². The molecule has 112 valence electrons. The van der Waals surface area contributed by atoms with Crippen LogP contribution in [0, 0.1) is 0 Å². The van der Waals surface area contributed by atoms with Crippen LogP contribution in [-0.4, -0.2) is 48.0 Å². The van der Waals surface area contributed by atoms with E-state index in [4.69, 9.17) is 0 Å². The van der Waals surface area contributed by atoms with Crippen LogP contribution in [-0.2, 0) is 0 Å². The van der Waals surface area contributed by atoms with Crippen LogP contribution in [0.15, 0.2) is 20.0 Å². The van der Waals surface area contributed by atoms with E-state index >= 15 is 0 Å². The molecule has 0 saturated carbocycles. The topological polar surface area (TPSA) is 49.4 Å². The molecule has 0 aromatic heterocycles. The lowest BCUT2D eigenvalue weighted by Gasteiger charge is -2.21. The quantitative estimate of drug-likeness (QED) is 0.651. The Labute approximate surface area is 123 Å². The standard InChI is InChI=1S/C16H28N4/c1-13-11-15(3,4)19-10-8-18-14(2)12-16(5,6)20-9-7-17-13/h9-10H,7-8,11-12H2,1-6H3. The van der Waals surface area contributed by atoms with Gasteiger partial charge in [-0.3, -0.25) is 20.0 Å². The van der Waals surface area contributed by atoms with Crippen LogP contribution in [0.3, 0.4) is 0 Å². The van der Waals surface area contributed by atoms with Gasteiger partial charge in [-0.15, -0.1) is 0 Å². The van der Waals surface area contributed by atoms with Gasteiger partial charge in [-0.2, -0.15) is 0 Å². The molecule has 0 aliphatic carbocycles. The van der Waals surface area contributed by atoms with Gasteiger partial charge < -0.3 is 0 Å². The molecule has 1 aliphatic heterocycles. The summed E-state index contributed by atoms with van der Waals surface area (Å²) < 4.78 is 0. The van der Waals surface area contributed by atoms with Gasteiger partial charge in [0.05, 0.1) is 24.2 Å². The second-order valence-corrected chi connectivity index (χ2v) is 6.75. The van der Waals surface area contributed by atoms with Crippen molar-refractivity contribution in [3.05, 3.63) is 0 Å². The maximum Gasteiger partial charge on any atom is 0.0737 e. The van der Waals surface area contributed by atoms with E-state index in [1.807, 2.05) is 12.4 Å². The Kier molecular flexibility index (Phi) is 5.78. The molecule has 0 N–H and O–H groups in total. The van der Waals surface area contributed by atoms with Gasteiger partial charge in [0.1, 0.15) is 0 Å². The molecule has 0 aromatic carbocycles. The van der Waals surface area contributed by atoms with Crippen LogP contribution in [0.2, 0.25) is 0 Å². The molecule has 0 spiro atoms.